The molecule has 2 atom stereocenters. The molecule has 0 spiro atoms. The zero-order valence-electron chi connectivity index (χ0n) is 11.7. The van der Waals surface area contributed by atoms with Gasteiger partial charge in [-0.15, -0.1) is 0 Å². The molecule has 106 valence electrons. The first kappa shape index (κ1) is 14.3. The minimum atomic E-state index is -0.297. The topological polar surface area (TPSA) is 35.5 Å². The van der Waals surface area contributed by atoms with E-state index in [4.69, 9.17) is 0 Å². The standard InChI is InChI=1S/C15H23FN2O/c1-3-18(10-13-5-4-8-17-13)11(2)14-9-12(16)6-7-15(14)19/h6-7,9,11,13,17,19H,3-5,8,10H2,1-2H3. The number of aromatic hydroxyl groups is 1. The molecule has 2 unspecified atom stereocenters. The molecule has 0 bridgehead atoms. The van der Waals surface area contributed by atoms with Crippen LogP contribution in [0.25, 0.3) is 0 Å². The van der Waals surface area contributed by atoms with Crippen molar-refractivity contribution in [3.05, 3.63) is 29.6 Å². The monoisotopic (exact) mass is 266 g/mol. The highest BCUT2D eigenvalue weighted by Crippen LogP contribution is 2.29. The van der Waals surface area contributed by atoms with E-state index in [-0.39, 0.29) is 17.6 Å². The van der Waals surface area contributed by atoms with E-state index in [0.717, 1.165) is 19.6 Å². The zero-order valence-corrected chi connectivity index (χ0v) is 11.7. The molecule has 0 aromatic heterocycles. The van der Waals surface area contributed by atoms with E-state index in [9.17, 15) is 9.50 Å². The van der Waals surface area contributed by atoms with Crippen molar-refractivity contribution >= 4 is 0 Å². The van der Waals surface area contributed by atoms with Gasteiger partial charge >= 0.3 is 0 Å². The molecule has 1 aromatic rings. The van der Waals surface area contributed by atoms with Crippen LogP contribution in [-0.2, 0) is 0 Å². The van der Waals surface area contributed by atoms with Crippen LogP contribution in [-0.4, -0.2) is 35.7 Å². The second-order valence-electron chi connectivity index (χ2n) is 5.26. The van der Waals surface area contributed by atoms with Crippen molar-refractivity contribution in [2.45, 2.75) is 38.8 Å². The quantitative estimate of drug-likeness (QED) is 0.860. The maximum atomic E-state index is 13.3. The number of nitrogens with one attached hydrogen (secondary N) is 1. The average Bonchev–Trinajstić information content (AvgIpc) is 2.91. The molecular weight excluding hydrogens is 243 g/mol. The highest BCUT2D eigenvalue weighted by molar-refractivity contribution is 5.35. The molecule has 0 amide bonds. The molecule has 2 N–H and O–H groups in total. The molecule has 1 saturated heterocycles. The SMILES string of the molecule is CCN(CC1CCCN1)C(C)c1cc(F)ccc1O. The number of hydrogen-bond acceptors (Lipinski definition) is 3. The van der Waals surface area contributed by atoms with Gasteiger partial charge in [0.15, 0.2) is 0 Å². The molecule has 1 aromatic carbocycles. The number of benzene rings is 1. The van der Waals surface area contributed by atoms with Gasteiger partial charge in [-0.2, -0.15) is 0 Å². The van der Waals surface area contributed by atoms with Gasteiger partial charge in [0, 0.05) is 24.2 Å². The number of nitrogens with zero attached hydrogens (tertiary/aromatic N) is 1. The third-order valence-corrected chi connectivity index (χ3v) is 4.01. The predicted molar refractivity (Wildman–Crippen MR) is 74.8 cm³/mol. The lowest BCUT2D eigenvalue weighted by Crippen LogP contribution is -2.38. The van der Waals surface area contributed by atoms with Crippen molar-refractivity contribution < 1.29 is 9.50 Å². The van der Waals surface area contributed by atoms with Crippen LogP contribution in [0.1, 0.15) is 38.3 Å². The highest BCUT2D eigenvalue weighted by Gasteiger charge is 2.23. The van der Waals surface area contributed by atoms with E-state index in [2.05, 4.69) is 17.1 Å². The molecule has 1 aliphatic heterocycles. The minimum Gasteiger partial charge on any atom is -0.508 e. The van der Waals surface area contributed by atoms with Gasteiger partial charge in [0.1, 0.15) is 11.6 Å². The Morgan fingerprint density at radius 3 is 2.95 bits per heavy atom. The summed E-state index contributed by atoms with van der Waals surface area (Å²) >= 11 is 0. The highest BCUT2D eigenvalue weighted by atomic mass is 19.1. The van der Waals surface area contributed by atoms with Crippen LogP contribution in [0, 0.1) is 5.82 Å². The Balaban J connectivity index is 2.10. The van der Waals surface area contributed by atoms with Crippen molar-refractivity contribution in [2.75, 3.05) is 19.6 Å². The van der Waals surface area contributed by atoms with Gasteiger partial charge in [-0.05, 0) is 51.1 Å². The maximum Gasteiger partial charge on any atom is 0.123 e. The first-order valence-corrected chi connectivity index (χ1v) is 7.07. The van der Waals surface area contributed by atoms with Gasteiger partial charge in [0.25, 0.3) is 0 Å². The lowest BCUT2D eigenvalue weighted by atomic mass is 10.0. The second-order valence-corrected chi connectivity index (χ2v) is 5.26. The van der Waals surface area contributed by atoms with Crippen LogP contribution in [0.4, 0.5) is 4.39 Å². The fraction of sp³-hybridized carbons (Fsp3) is 0.600. The van der Waals surface area contributed by atoms with E-state index < -0.39 is 0 Å². The smallest absolute Gasteiger partial charge is 0.123 e. The number of halogens is 1. The van der Waals surface area contributed by atoms with Crippen molar-refractivity contribution in [3.8, 4) is 5.75 Å². The van der Waals surface area contributed by atoms with Crippen LogP contribution in [0.3, 0.4) is 0 Å². The zero-order chi connectivity index (χ0) is 13.8. The van der Waals surface area contributed by atoms with Gasteiger partial charge in [-0.1, -0.05) is 6.92 Å². The van der Waals surface area contributed by atoms with Crippen LogP contribution in [0.2, 0.25) is 0 Å². The predicted octanol–water partition coefficient (Wildman–Crippen LogP) is 2.67. The lowest BCUT2D eigenvalue weighted by Gasteiger charge is -2.31. The lowest BCUT2D eigenvalue weighted by molar-refractivity contribution is 0.199. The Morgan fingerprint density at radius 2 is 2.32 bits per heavy atom. The Labute approximate surface area is 114 Å². The van der Waals surface area contributed by atoms with Crippen LogP contribution < -0.4 is 5.32 Å². The average molecular weight is 266 g/mol. The summed E-state index contributed by atoms with van der Waals surface area (Å²) in [5.74, 6) is -0.124. The summed E-state index contributed by atoms with van der Waals surface area (Å²) in [6.07, 6.45) is 2.42. The van der Waals surface area contributed by atoms with Gasteiger partial charge in [0.05, 0.1) is 0 Å². The fourth-order valence-electron chi connectivity index (χ4n) is 2.81. The first-order valence-electron chi connectivity index (χ1n) is 7.07. The summed E-state index contributed by atoms with van der Waals surface area (Å²) in [4.78, 5) is 2.28. The van der Waals surface area contributed by atoms with Gasteiger partial charge in [-0.3, -0.25) is 4.90 Å². The Hall–Kier alpha value is -1.13. The van der Waals surface area contributed by atoms with Crippen molar-refractivity contribution in [3.63, 3.8) is 0 Å². The number of likely N-dealkylation sites (N-methyl/N-ethyl adjacent to an activating group) is 1. The molecule has 1 fully saturated rings. The molecule has 3 nitrogen and oxygen atoms in total. The number of phenols is 1. The summed E-state index contributed by atoms with van der Waals surface area (Å²) in [7, 11) is 0. The summed E-state index contributed by atoms with van der Waals surface area (Å²) in [6, 6.07) is 4.69. The second kappa shape index (κ2) is 6.35. The Morgan fingerprint density at radius 1 is 1.53 bits per heavy atom. The Kier molecular flexibility index (Phi) is 4.77. The van der Waals surface area contributed by atoms with Gasteiger partial charge in [0.2, 0.25) is 0 Å². The largest absolute Gasteiger partial charge is 0.508 e. The van der Waals surface area contributed by atoms with Crippen LogP contribution in [0.5, 0.6) is 5.75 Å². The van der Waals surface area contributed by atoms with Crippen LogP contribution >= 0.6 is 0 Å². The molecule has 1 aliphatic rings. The third-order valence-electron chi connectivity index (χ3n) is 4.01. The molecule has 0 radical (unpaired) electrons. The van der Waals surface area contributed by atoms with E-state index in [1.54, 1.807) is 0 Å². The van der Waals surface area contributed by atoms with E-state index in [1.165, 1.54) is 31.0 Å². The molecule has 4 heteroatoms. The number of phenolic OH excluding ortho intramolecular Hbond substituents is 1. The van der Waals surface area contributed by atoms with Crippen molar-refractivity contribution in [1.29, 1.82) is 0 Å². The van der Waals surface area contributed by atoms with Crippen molar-refractivity contribution in [1.82, 2.24) is 10.2 Å². The van der Waals surface area contributed by atoms with E-state index in [0.29, 0.717) is 11.6 Å². The van der Waals surface area contributed by atoms with E-state index in [1.807, 2.05) is 6.92 Å². The summed E-state index contributed by atoms with van der Waals surface area (Å²) in [5.41, 5.74) is 0.667. The van der Waals surface area contributed by atoms with Crippen LogP contribution in [0.15, 0.2) is 18.2 Å². The summed E-state index contributed by atoms with van der Waals surface area (Å²) in [6.45, 7) is 7.03. The van der Waals surface area contributed by atoms with Crippen molar-refractivity contribution in [2.24, 2.45) is 0 Å². The minimum absolute atomic E-state index is 0.0168. The molecular formula is C15H23FN2O. The number of hydrogen-bond donors (Lipinski definition) is 2. The van der Waals surface area contributed by atoms with Gasteiger partial charge < -0.3 is 10.4 Å². The van der Waals surface area contributed by atoms with Gasteiger partial charge in [-0.25, -0.2) is 4.39 Å². The molecule has 2 rings (SSSR count). The van der Waals surface area contributed by atoms with E-state index >= 15 is 0 Å². The Bertz CT molecular complexity index is 419. The molecule has 0 saturated carbocycles. The molecule has 0 aliphatic carbocycles. The number of rotatable bonds is 5. The third kappa shape index (κ3) is 3.45. The first-order chi connectivity index (χ1) is 9.11. The normalized spacial score (nSPS) is 20.9. The summed E-state index contributed by atoms with van der Waals surface area (Å²) < 4.78 is 13.3. The maximum absolute atomic E-state index is 13.3. The molecule has 19 heavy (non-hydrogen) atoms. The summed E-state index contributed by atoms with van der Waals surface area (Å²) in [5, 5.41) is 13.4. The molecule has 1 heterocycles. The fourth-order valence-corrected chi connectivity index (χ4v) is 2.81.